The lowest BCUT2D eigenvalue weighted by Gasteiger charge is -2.19. The predicted molar refractivity (Wildman–Crippen MR) is 111 cm³/mol. The molecule has 0 aliphatic carbocycles. The van der Waals surface area contributed by atoms with Gasteiger partial charge in [-0.1, -0.05) is 34.1 Å². The van der Waals surface area contributed by atoms with Crippen molar-refractivity contribution >= 4 is 43.0 Å². The number of azo groups is 1. The van der Waals surface area contributed by atoms with Gasteiger partial charge in [-0.3, -0.25) is 4.31 Å². The summed E-state index contributed by atoms with van der Waals surface area (Å²) >= 11 is 3.31. The molecular formula is C20H16BrN3O3S. The molecule has 142 valence electrons. The van der Waals surface area contributed by atoms with Crippen LogP contribution in [-0.2, 0) is 16.4 Å². The van der Waals surface area contributed by atoms with E-state index in [9.17, 15) is 13.5 Å². The van der Waals surface area contributed by atoms with Crippen LogP contribution in [0.2, 0.25) is 0 Å². The Morgan fingerprint density at radius 1 is 0.964 bits per heavy atom. The highest BCUT2D eigenvalue weighted by Crippen LogP contribution is 2.34. The quantitative estimate of drug-likeness (QED) is 0.537. The molecule has 0 radical (unpaired) electrons. The van der Waals surface area contributed by atoms with Crippen molar-refractivity contribution in [3.63, 3.8) is 0 Å². The molecule has 0 atom stereocenters. The highest BCUT2D eigenvalue weighted by molar-refractivity contribution is 9.10. The lowest BCUT2D eigenvalue weighted by molar-refractivity contribution is 0.476. The molecule has 0 fully saturated rings. The van der Waals surface area contributed by atoms with E-state index in [1.165, 1.54) is 22.5 Å². The van der Waals surface area contributed by atoms with Crippen LogP contribution < -0.4 is 4.31 Å². The summed E-state index contributed by atoms with van der Waals surface area (Å²) in [6.45, 7) is 0.436. The third-order valence-electron chi connectivity index (χ3n) is 4.48. The van der Waals surface area contributed by atoms with Crippen molar-refractivity contribution in [2.24, 2.45) is 10.2 Å². The zero-order valence-electron chi connectivity index (χ0n) is 14.7. The fourth-order valence-electron chi connectivity index (χ4n) is 3.06. The summed E-state index contributed by atoms with van der Waals surface area (Å²) in [5, 5.41) is 17.9. The van der Waals surface area contributed by atoms with Crippen LogP contribution >= 0.6 is 15.9 Å². The molecule has 8 heteroatoms. The minimum Gasteiger partial charge on any atom is -0.506 e. The van der Waals surface area contributed by atoms with Crippen molar-refractivity contribution in [2.45, 2.75) is 11.3 Å². The molecule has 1 aliphatic heterocycles. The highest BCUT2D eigenvalue weighted by Gasteiger charge is 2.30. The molecule has 0 spiro atoms. The minimum atomic E-state index is -3.63. The van der Waals surface area contributed by atoms with Gasteiger partial charge >= 0.3 is 0 Å². The van der Waals surface area contributed by atoms with Crippen molar-refractivity contribution in [1.82, 2.24) is 0 Å². The number of benzene rings is 3. The molecule has 28 heavy (non-hydrogen) atoms. The van der Waals surface area contributed by atoms with Crippen LogP contribution in [0.4, 0.5) is 17.1 Å². The number of para-hydroxylation sites is 1. The summed E-state index contributed by atoms with van der Waals surface area (Å²) in [6, 6.07) is 18.6. The Balaban J connectivity index is 1.58. The summed E-state index contributed by atoms with van der Waals surface area (Å²) in [6.07, 6.45) is 0.706. The maximum atomic E-state index is 13.0. The molecule has 0 bridgehead atoms. The van der Waals surface area contributed by atoms with Gasteiger partial charge < -0.3 is 5.11 Å². The smallest absolute Gasteiger partial charge is 0.264 e. The molecule has 0 saturated heterocycles. The van der Waals surface area contributed by atoms with Gasteiger partial charge in [0.1, 0.15) is 11.4 Å². The second-order valence-electron chi connectivity index (χ2n) is 6.28. The average Bonchev–Trinajstić information content (AvgIpc) is 3.14. The summed E-state index contributed by atoms with van der Waals surface area (Å²) in [5.74, 6) is 0.0128. The van der Waals surface area contributed by atoms with Gasteiger partial charge in [0, 0.05) is 11.0 Å². The highest BCUT2D eigenvalue weighted by atomic mass is 79.9. The topological polar surface area (TPSA) is 82.3 Å². The van der Waals surface area contributed by atoms with Crippen molar-refractivity contribution in [3.8, 4) is 5.75 Å². The predicted octanol–water partition coefficient (Wildman–Crippen LogP) is 5.32. The van der Waals surface area contributed by atoms with Crippen LogP contribution in [0.3, 0.4) is 0 Å². The maximum Gasteiger partial charge on any atom is 0.264 e. The largest absolute Gasteiger partial charge is 0.506 e. The molecule has 0 aromatic heterocycles. The number of halogens is 1. The minimum absolute atomic E-state index is 0.0128. The monoisotopic (exact) mass is 457 g/mol. The number of aromatic hydroxyl groups is 1. The molecule has 1 heterocycles. The number of fused-ring (bicyclic) bond motifs is 1. The van der Waals surface area contributed by atoms with E-state index in [0.29, 0.717) is 24.3 Å². The SMILES string of the molecule is O=S(=O)(c1ccc(N=Nc2cc(Br)ccc2O)cc1)N1CCc2ccccc21. The molecule has 0 amide bonds. The lowest BCUT2D eigenvalue weighted by Crippen LogP contribution is -2.29. The number of nitrogens with zero attached hydrogens (tertiary/aromatic N) is 3. The first kappa shape index (κ1) is 18.6. The van der Waals surface area contributed by atoms with E-state index in [1.807, 2.05) is 24.3 Å². The summed E-state index contributed by atoms with van der Waals surface area (Å²) < 4.78 is 28.2. The van der Waals surface area contributed by atoms with E-state index in [0.717, 1.165) is 15.7 Å². The fraction of sp³-hybridized carbons (Fsp3) is 0.100. The molecule has 3 aromatic carbocycles. The van der Waals surface area contributed by atoms with Crippen LogP contribution in [-0.4, -0.2) is 20.1 Å². The average molecular weight is 458 g/mol. The van der Waals surface area contributed by atoms with Gasteiger partial charge in [0.05, 0.1) is 16.3 Å². The van der Waals surface area contributed by atoms with E-state index in [2.05, 4.69) is 26.2 Å². The summed E-state index contributed by atoms with van der Waals surface area (Å²) in [4.78, 5) is 0.202. The zero-order chi connectivity index (χ0) is 19.7. The third-order valence-corrected chi connectivity index (χ3v) is 6.80. The molecule has 1 N–H and O–H groups in total. The van der Waals surface area contributed by atoms with Crippen molar-refractivity contribution in [1.29, 1.82) is 0 Å². The number of phenols is 1. The van der Waals surface area contributed by atoms with Crippen LogP contribution in [0.5, 0.6) is 5.75 Å². The van der Waals surface area contributed by atoms with Gasteiger partial charge in [-0.25, -0.2) is 8.42 Å². The molecule has 3 aromatic rings. The number of phenolic OH excluding ortho intramolecular Hbond substituents is 1. The van der Waals surface area contributed by atoms with Gasteiger partial charge in [-0.15, -0.1) is 5.11 Å². The number of sulfonamides is 1. The van der Waals surface area contributed by atoms with E-state index in [-0.39, 0.29) is 10.6 Å². The fourth-order valence-corrected chi connectivity index (χ4v) is 4.91. The first-order valence-electron chi connectivity index (χ1n) is 8.56. The van der Waals surface area contributed by atoms with Crippen LogP contribution in [0.15, 0.2) is 86.3 Å². The normalized spacial score (nSPS) is 13.8. The Morgan fingerprint density at radius 3 is 2.50 bits per heavy atom. The van der Waals surface area contributed by atoms with Gasteiger partial charge in [0.15, 0.2) is 0 Å². The van der Waals surface area contributed by atoms with Gasteiger partial charge in [-0.2, -0.15) is 5.11 Å². The van der Waals surface area contributed by atoms with Crippen LogP contribution in [0.1, 0.15) is 5.56 Å². The number of hydrogen-bond donors (Lipinski definition) is 1. The Kier molecular flexibility index (Phi) is 4.91. The van der Waals surface area contributed by atoms with Gasteiger partial charge in [0.25, 0.3) is 10.0 Å². The maximum absolute atomic E-state index is 13.0. The number of rotatable bonds is 4. The summed E-state index contributed by atoms with van der Waals surface area (Å²) in [7, 11) is -3.63. The standard InChI is InChI=1S/C20H16BrN3O3S/c21-15-5-10-20(25)18(13-15)23-22-16-6-8-17(9-7-16)28(26,27)24-12-11-14-3-1-2-4-19(14)24/h1-10,13,25H,11-12H2. The molecule has 4 rings (SSSR count). The van der Waals surface area contributed by atoms with Crippen molar-refractivity contribution in [2.75, 3.05) is 10.8 Å². The zero-order valence-corrected chi connectivity index (χ0v) is 17.1. The van der Waals surface area contributed by atoms with Crippen molar-refractivity contribution in [3.05, 3.63) is 76.8 Å². The van der Waals surface area contributed by atoms with E-state index in [1.54, 1.807) is 24.3 Å². The first-order chi connectivity index (χ1) is 13.4. The molecular weight excluding hydrogens is 442 g/mol. The Hall–Kier alpha value is -2.71. The van der Waals surface area contributed by atoms with Gasteiger partial charge in [-0.05, 0) is 60.5 Å². The Morgan fingerprint density at radius 2 is 1.71 bits per heavy atom. The van der Waals surface area contributed by atoms with Crippen LogP contribution in [0, 0.1) is 0 Å². The van der Waals surface area contributed by atoms with E-state index >= 15 is 0 Å². The molecule has 1 aliphatic rings. The Bertz CT molecular complexity index is 1160. The number of anilines is 1. The molecule has 0 saturated carbocycles. The molecule has 6 nitrogen and oxygen atoms in total. The number of hydrogen-bond acceptors (Lipinski definition) is 5. The van der Waals surface area contributed by atoms with Crippen LogP contribution in [0.25, 0.3) is 0 Å². The second-order valence-corrected chi connectivity index (χ2v) is 9.06. The Labute approximate surface area is 171 Å². The van der Waals surface area contributed by atoms with Gasteiger partial charge in [0.2, 0.25) is 0 Å². The second kappa shape index (κ2) is 7.37. The van der Waals surface area contributed by atoms with Crippen molar-refractivity contribution < 1.29 is 13.5 Å². The molecule has 0 unspecified atom stereocenters. The summed E-state index contributed by atoms with van der Waals surface area (Å²) in [5.41, 5.74) is 2.57. The first-order valence-corrected chi connectivity index (χ1v) is 10.8. The lowest BCUT2D eigenvalue weighted by atomic mass is 10.2. The van der Waals surface area contributed by atoms with E-state index in [4.69, 9.17) is 0 Å². The van der Waals surface area contributed by atoms with E-state index < -0.39 is 10.0 Å². The third kappa shape index (κ3) is 3.53.